The number of alkyl halides is 3. The van der Waals surface area contributed by atoms with Gasteiger partial charge in [0.15, 0.2) is 0 Å². The lowest BCUT2D eigenvalue weighted by molar-refractivity contribution is -0.137. The highest BCUT2D eigenvalue weighted by molar-refractivity contribution is 6.33. The number of rotatable bonds is 5. The van der Waals surface area contributed by atoms with Crippen molar-refractivity contribution in [2.45, 2.75) is 38.9 Å². The summed E-state index contributed by atoms with van der Waals surface area (Å²) in [5.74, 6) is -0.00541. The van der Waals surface area contributed by atoms with Crippen LogP contribution in [0.2, 0.25) is 5.02 Å². The van der Waals surface area contributed by atoms with Gasteiger partial charge in [-0.25, -0.2) is 9.97 Å². The molecule has 0 bridgehead atoms. The van der Waals surface area contributed by atoms with E-state index in [1.807, 2.05) is 0 Å². The first-order valence-corrected chi connectivity index (χ1v) is 10.0. The zero-order chi connectivity index (χ0) is 22.8. The van der Waals surface area contributed by atoms with Gasteiger partial charge in [0.2, 0.25) is 5.91 Å². The van der Waals surface area contributed by atoms with Gasteiger partial charge in [-0.15, -0.1) is 0 Å². The summed E-state index contributed by atoms with van der Waals surface area (Å²) in [7, 11) is 0. The van der Waals surface area contributed by atoms with Gasteiger partial charge in [0.25, 0.3) is 5.91 Å². The van der Waals surface area contributed by atoms with Crippen molar-refractivity contribution in [2.24, 2.45) is 0 Å². The number of pyridine rings is 2. The molecule has 0 radical (unpaired) electrons. The second kappa shape index (κ2) is 9.09. The summed E-state index contributed by atoms with van der Waals surface area (Å²) in [6, 6.07) is 3.71. The number of anilines is 2. The van der Waals surface area contributed by atoms with Crippen molar-refractivity contribution in [2.75, 3.05) is 23.3 Å². The molecule has 0 saturated carbocycles. The van der Waals surface area contributed by atoms with Crippen LogP contribution in [0.3, 0.4) is 0 Å². The molecule has 0 aromatic carbocycles. The SMILES string of the molecule is CCC(=O)Nc1cc(C(=O)NC2CCN(c3ncc(C(F)(F)F)cc3Cl)C2)cc(C)n1. The highest BCUT2D eigenvalue weighted by Gasteiger charge is 2.33. The van der Waals surface area contributed by atoms with E-state index < -0.39 is 11.7 Å². The Kier molecular flexibility index (Phi) is 6.68. The molecule has 1 fully saturated rings. The number of aryl methyl sites for hydroxylation is 1. The van der Waals surface area contributed by atoms with E-state index in [1.54, 1.807) is 24.8 Å². The third-order valence-corrected chi connectivity index (χ3v) is 5.05. The Morgan fingerprint density at radius 2 is 2.03 bits per heavy atom. The summed E-state index contributed by atoms with van der Waals surface area (Å²) in [6.45, 7) is 4.26. The molecule has 1 aliphatic rings. The van der Waals surface area contributed by atoms with Crippen molar-refractivity contribution in [3.63, 3.8) is 0 Å². The smallest absolute Gasteiger partial charge is 0.353 e. The fraction of sp³-hybridized carbons (Fsp3) is 0.400. The maximum absolute atomic E-state index is 12.8. The van der Waals surface area contributed by atoms with Crippen molar-refractivity contribution in [3.8, 4) is 0 Å². The van der Waals surface area contributed by atoms with E-state index in [2.05, 4.69) is 20.6 Å². The maximum Gasteiger partial charge on any atom is 0.417 e. The lowest BCUT2D eigenvalue weighted by Gasteiger charge is -2.20. The maximum atomic E-state index is 12.8. The summed E-state index contributed by atoms with van der Waals surface area (Å²) in [4.78, 5) is 34.1. The van der Waals surface area contributed by atoms with Crippen molar-refractivity contribution in [3.05, 3.63) is 46.2 Å². The number of carbonyl (C=O) groups is 2. The minimum absolute atomic E-state index is 0.0946. The molecule has 3 rings (SSSR count). The van der Waals surface area contributed by atoms with E-state index in [4.69, 9.17) is 11.6 Å². The molecule has 166 valence electrons. The normalized spacial score (nSPS) is 16.3. The number of nitrogens with one attached hydrogen (secondary N) is 2. The lowest BCUT2D eigenvalue weighted by Crippen LogP contribution is -2.37. The van der Waals surface area contributed by atoms with E-state index in [-0.39, 0.29) is 35.1 Å². The Morgan fingerprint density at radius 1 is 1.29 bits per heavy atom. The first-order valence-electron chi connectivity index (χ1n) is 9.64. The average molecular weight is 456 g/mol. The monoisotopic (exact) mass is 455 g/mol. The predicted octanol–water partition coefficient (Wildman–Crippen LogP) is 3.81. The van der Waals surface area contributed by atoms with Gasteiger partial charge in [0.1, 0.15) is 11.6 Å². The van der Waals surface area contributed by atoms with Gasteiger partial charge in [-0.2, -0.15) is 13.2 Å². The molecule has 1 atom stereocenters. The largest absolute Gasteiger partial charge is 0.417 e. The van der Waals surface area contributed by atoms with Crippen molar-refractivity contribution < 1.29 is 22.8 Å². The quantitative estimate of drug-likeness (QED) is 0.715. The number of amides is 2. The Morgan fingerprint density at radius 3 is 2.68 bits per heavy atom. The van der Waals surface area contributed by atoms with Crippen molar-refractivity contribution in [1.82, 2.24) is 15.3 Å². The van der Waals surface area contributed by atoms with Crippen LogP contribution in [0.25, 0.3) is 0 Å². The van der Waals surface area contributed by atoms with Gasteiger partial charge in [-0.3, -0.25) is 9.59 Å². The molecule has 1 aliphatic heterocycles. The fourth-order valence-electron chi connectivity index (χ4n) is 3.25. The van der Waals surface area contributed by atoms with Gasteiger partial charge < -0.3 is 15.5 Å². The summed E-state index contributed by atoms with van der Waals surface area (Å²) in [5.41, 5.74) is 0.0141. The van der Waals surface area contributed by atoms with Crippen LogP contribution in [-0.2, 0) is 11.0 Å². The van der Waals surface area contributed by atoms with Crippen LogP contribution in [-0.4, -0.2) is 40.9 Å². The minimum Gasteiger partial charge on any atom is -0.353 e. The predicted molar refractivity (Wildman–Crippen MR) is 110 cm³/mol. The molecular weight excluding hydrogens is 435 g/mol. The van der Waals surface area contributed by atoms with Gasteiger partial charge in [0, 0.05) is 43.0 Å². The number of hydrogen-bond donors (Lipinski definition) is 2. The summed E-state index contributed by atoms with van der Waals surface area (Å²) in [5, 5.41) is 5.44. The van der Waals surface area contributed by atoms with E-state index in [0.29, 0.717) is 36.6 Å². The first kappa shape index (κ1) is 22.8. The summed E-state index contributed by atoms with van der Waals surface area (Å²) < 4.78 is 38.4. The van der Waals surface area contributed by atoms with Crippen LogP contribution in [0.5, 0.6) is 0 Å². The minimum atomic E-state index is -4.52. The second-order valence-electron chi connectivity index (χ2n) is 7.22. The average Bonchev–Trinajstić information content (AvgIpc) is 3.14. The number of nitrogens with zero attached hydrogens (tertiary/aromatic N) is 3. The van der Waals surface area contributed by atoms with E-state index >= 15 is 0 Å². The molecule has 11 heteroatoms. The Bertz CT molecular complexity index is 999. The molecular formula is C20H21ClF3N5O2. The second-order valence-corrected chi connectivity index (χ2v) is 7.62. The molecule has 2 N–H and O–H groups in total. The first-order chi connectivity index (χ1) is 14.6. The number of aromatic nitrogens is 2. The highest BCUT2D eigenvalue weighted by Crippen LogP contribution is 2.34. The van der Waals surface area contributed by atoms with E-state index in [0.717, 1.165) is 12.3 Å². The number of halogens is 4. The standard InChI is InChI=1S/C20H21ClF3N5O2/c1-3-17(30)28-16-7-12(6-11(2)26-16)19(31)27-14-4-5-29(10-14)18-15(21)8-13(9-25-18)20(22,23)24/h6-9,14H,3-5,10H2,1-2H3,(H,27,31)(H,26,28,30). The molecule has 31 heavy (non-hydrogen) atoms. The van der Waals surface area contributed by atoms with Gasteiger partial charge in [-0.05, 0) is 31.5 Å². The fourth-order valence-corrected chi connectivity index (χ4v) is 3.54. The molecule has 0 aliphatic carbocycles. The van der Waals surface area contributed by atoms with Gasteiger partial charge in [0.05, 0.1) is 10.6 Å². The van der Waals surface area contributed by atoms with Crippen LogP contribution in [0.1, 0.15) is 41.4 Å². The van der Waals surface area contributed by atoms with Crippen LogP contribution in [0.4, 0.5) is 24.8 Å². The van der Waals surface area contributed by atoms with Crippen molar-refractivity contribution in [1.29, 1.82) is 0 Å². The Labute approximate surface area is 182 Å². The number of hydrogen-bond acceptors (Lipinski definition) is 5. The number of carbonyl (C=O) groups excluding carboxylic acids is 2. The zero-order valence-electron chi connectivity index (χ0n) is 16.9. The lowest BCUT2D eigenvalue weighted by atomic mass is 10.2. The van der Waals surface area contributed by atoms with Crippen LogP contribution in [0, 0.1) is 6.92 Å². The van der Waals surface area contributed by atoms with Crippen LogP contribution in [0.15, 0.2) is 24.4 Å². The molecule has 2 amide bonds. The molecule has 2 aromatic heterocycles. The molecule has 0 spiro atoms. The van der Waals surface area contributed by atoms with E-state index in [9.17, 15) is 22.8 Å². The third-order valence-electron chi connectivity index (χ3n) is 4.78. The molecule has 1 unspecified atom stereocenters. The van der Waals surface area contributed by atoms with Crippen LogP contribution >= 0.6 is 11.6 Å². The van der Waals surface area contributed by atoms with Crippen molar-refractivity contribution >= 4 is 35.1 Å². The van der Waals surface area contributed by atoms with Crippen LogP contribution < -0.4 is 15.5 Å². The Hall–Kier alpha value is -2.88. The summed E-state index contributed by atoms with van der Waals surface area (Å²) in [6.07, 6.45) is -2.91. The molecule has 2 aromatic rings. The summed E-state index contributed by atoms with van der Waals surface area (Å²) >= 11 is 6.02. The third kappa shape index (κ3) is 5.63. The van der Waals surface area contributed by atoms with Gasteiger partial charge in [-0.1, -0.05) is 18.5 Å². The molecule has 3 heterocycles. The molecule has 7 nitrogen and oxygen atoms in total. The topological polar surface area (TPSA) is 87.2 Å². The Balaban J connectivity index is 1.66. The molecule has 1 saturated heterocycles. The zero-order valence-corrected chi connectivity index (χ0v) is 17.6. The highest BCUT2D eigenvalue weighted by atomic mass is 35.5. The van der Waals surface area contributed by atoms with Gasteiger partial charge >= 0.3 is 6.18 Å². The van der Waals surface area contributed by atoms with E-state index in [1.165, 1.54) is 6.07 Å².